The summed E-state index contributed by atoms with van der Waals surface area (Å²) in [5.74, 6) is 6.65. The molecule has 0 fully saturated rings. The molecule has 8 aromatic rings. The number of hydrogen-bond donors (Lipinski definition) is 1. The zero-order valence-electron chi connectivity index (χ0n) is 19.5. The molecule has 170 valence electrons. The number of nitrogens with zero attached hydrogens (tertiary/aromatic N) is 3. The Morgan fingerprint density at radius 3 is 1.58 bits per heavy atom. The van der Waals surface area contributed by atoms with E-state index < -0.39 is 0 Å². The first-order valence-corrected chi connectivity index (χ1v) is 12.2. The maximum absolute atomic E-state index is 6.65. The number of aromatic nitrogens is 3. The topological polar surface area (TPSA) is 40.8 Å². The summed E-state index contributed by atoms with van der Waals surface area (Å²) in [7, 11) is 0. The summed E-state index contributed by atoms with van der Waals surface area (Å²) in [5.41, 5.74) is 9.10. The summed E-state index contributed by atoms with van der Waals surface area (Å²) < 4.78 is 6.63. The van der Waals surface area contributed by atoms with Crippen molar-refractivity contribution in [2.75, 3.05) is 5.84 Å². The Kier molecular flexibility index (Phi) is 3.78. The first-order chi connectivity index (χ1) is 17.8. The van der Waals surface area contributed by atoms with Gasteiger partial charge in [-0.3, -0.25) is 4.68 Å². The summed E-state index contributed by atoms with van der Waals surface area (Å²) in [6.45, 7) is 0. The van der Waals surface area contributed by atoms with E-state index >= 15 is 0 Å². The number of hydrogen-bond acceptors (Lipinski definition) is 1. The van der Waals surface area contributed by atoms with Gasteiger partial charge >= 0.3 is 0 Å². The first-order valence-electron chi connectivity index (χ1n) is 12.2. The molecule has 0 radical (unpaired) electrons. The molecule has 5 aromatic carbocycles. The van der Waals surface area contributed by atoms with Crippen LogP contribution < -0.4 is 5.84 Å². The van der Waals surface area contributed by atoms with Crippen molar-refractivity contribution in [3.8, 4) is 11.4 Å². The molecule has 0 atom stereocenters. The predicted molar refractivity (Wildman–Crippen MR) is 151 cm³/mol. The maximum atomic E-state index is 6.65. The molecule has 8 rings (SSSR count). The van der Waals surface area contributed by atoms with Crippen molar-refractivity contribution in [2.45, 2.75) is 0 Å². The van der Waals surface area contributed by atoms with Gasteiger partial charge in [0.25, 0.3) is 0 Å². The zero-order valence-corrected chi connectivity index (χ0v) is 19.5. The van der Waals surface area contributed by atoms with E-state index in [4.69, 9.17) is 5.84 Å². The SMILES string of the molecule is Nn1c2ccccc2c2cc3c(cc21)c1c(c2ccccc2n1-c1ccccc1)n3-c1ccccc1. The van der Waals surface area contributed by atoms with Crippen molar-refractivity contribution in [3.63, 3.8) is 0 Å². The molecule has 36 heavy (non-hydrogen) atoms. The largest absolute Gasteiger partial charge is 0.339 e. The van der Waals surface area contributed by atoms with Crippen molar-refractivity contribution in [1.29, 1.82) is 0 Å². The second kappa shape index (κ2) is 7.03. The van der Waals surface area contributed by atoms with Crippen LogP contribution in [-0.4, -0.2) is 13.8 Å². The van der Waals surface area contributed by atoms with Crippen LogP contribution in [0.4, 0.5) is 0 Å². The number of benzene rings is 5. The Morgan fingerprint density at radius 2 is 0.889 bits per heavy atom. The Hall–Kier alpha value is -4.96. The van der Waals surface area contributed by atoms with Crippen LogP contribution in [0.15, 0.2) is 121 Å². The van der Waals surface area contributed by atoms with Gasteiger partial charge in [0.1, 0.15) is 0 Å². The van der Waals surface area contributed by atoms with Gasteiger partial charge in [-0.1, -0.05) is 72.8 Å². The lowest BCUT2D eigenvalue weighted by atomic mass is 10.1. The maximum Gasteiger partial charge on any atom is 0.0804 e. The molecule has 0 unspecified atom stereocenters. The number of fused-ring (bicyclic) bond motifs is 8. The highest BCUT2D eigenvalue weighted by atomic mass is 15.3. The molecule has 0 aliphatic carbocycles. The van der Waals surface area contributed by atoms with E-state index in [1.54, 1.807) is 0 Å². The lowest BCUT2D eigenvalue weighted by Crippen LogP contribution is -2.06. The van der Waals surface area contributed by atoms with E-state index in [0.29, 0.717) is 0 Å². The summed E-state index contributed by atoms with van der Waals surface area (Å²) in [5, 5.41) is 4.73. The molecule has 0 bridgehead atoms. The minimum absolute atomic E-state index is 1.03. The number of nitrogen functional groups attached to an aromatic ring is 1. The highest BCUT2D eigenvalue weighted by Gasteiger charge is 2.23. The van der Waals surface area contributed by atoms with Gasteiger partial charge in [0.2, 0.25) is 0 Å². The molecule has 0 spiro atoms. The highest BCUT2D eigenvalue weighted by Crippen LogP contribution is 2.42. The van der Waals surface area contributed by atoms with Crippen LogP contribution >= 0.6 is 0 Å². The summed E-state index contributed by atoms with van der Waals surface area (Å²) in [6, 6.07) is 42.9. The molecular weight excluding hydrogens is 440 g/mol. The average Bonchev–Trinajstić information content (AvgIpc) is 3.54. The van der Waals surface area contributed by atoms with Gasteiger partial charge < -0.3 is 15.0 Å². The van der Waals surface area contributed by atoms with E-state index in [9.17, 15) is 0 Å². The second-order valence-corrected chi connectivity index (χ2v) is 9.33. The molecular formula is C32H22N4. The number of para-hydroxylation sites is 4. The third-order valence-electron chi connectivity index (χ3n) is 7.42. The van der Waals surface area contributed by atoms with Gasteiger partial charge in [-0.15, -0.1) is 0 Å². The number of nitrogens with two attached hydrogens (primary N) is 1. The van der Waals surface area contributed by atoms with Crippen LogP contribution in [0, 0.1) is 0 Å². The van der Waals surface area contributed by atoms with E-state index in [1.165, 1.54) is 32.8 Å². The number of rotatable bonds is 2. The molecule has 2 N–H and O–H groups in total. The molecule has 4 nitrogen and oxygen atoms in total. The molecule has 3 heterocycles. The van der Waals surface area contributed by atoms with Gasteiger partial charge in [-0.05, 0) is 48.5 Å². The molecule has 0 saturated carbocycles. The highest BCUT2D eigenvalue weighted by molar-refractivity contribution is 6.23. The zero-order chi connectivity index (χ0) is 23.8. The van der Waals surface area contributed by atoms with Crippen LogP contribution in [-0.2, 0) is 0 Å². The Labute approximate surface area is 207 Å². The molecule has 0 aliphatic heterocycles. The summed E-state index contributed by atoms with van der Waals surface area (Å²) >= 11 is 0. The van der Waals surface area contributed by atoms with Gasteiger partial charge in [0.05, 0.1) is 33.1 Å². The third kappa shape index (κ3) is 2.42. The van der Waals surface area contributed by atoms with E-state index in [1.807, 2.05) is 10.7 Å². The predicted octanol–water partition coefficient (Wildman–Crippen LogP) is 7.55. The molecule has 4 heteroatoms. The normalized spacial score (nSPS) is 12.0. The smallest absolute Gasteiger partial charge is 0.0804 e. The van der Waals surface area contributed by atoms with Crippen LogP contribution in [0.2, 0.25) is 0 Å². The fourth-order valence-corrected chi connectivity index (χ4v) is 5.92. The van der Waals surface area contributed by atoms with Gasteiger partial charge in [0.15, 0.2) is 0 Å². The lowest BCUT2D eigenvalue weighted by molar-refractivity contribution is 1.12. The van der Waals surface area contributed by atoms with Crippen molar-refractivity contribution in [1.82, 2.24) is 13.8 Å². The van der Waals surface area contributed by atoms with E-state index in [-0.39, 0.29) is 0 Å². The van der Waals surface area contributed by atoms with E-state index in [0.717, 1.165) is 33.2 Å². The minimum Gasteiger partial charge on any atom is -0.339 e. The van der Waals surface area contributed by atoms with Crippen molar-refractivity contribution in [2.24, 2.45) is 0 Å². The van der Waals surface area contributed by atoms with Crippen LogP contribution in [0.25, 0.3) is 66.0 Å². The Bertz CT molecular complexity index is 2090. The quantitative estimate of drug-likeness (QED) is 0.265. The second-order valence-electron chi connectivity index (χ2n) is 9.33. The third-order valence-corrected chi connectivity index (χ3v) is 7.42. The van der Waals surface area contributed by atoms with E-state index in [2.05, 4.69) is 124 Å². The molecule has 0 aliphatic rings. The summed E-state index contributed by atoms with van der Waals surface area (Å²) in [4.78, 5) is 0. The fourth-order valence-electron chi connectivity index (χ4n) is 5.92. The van der Waals surface area contributed by atoms with Crippen molar-refractivity contribution in [3.05, 3.63) is 121 Å². The molecule has 0 saturated heterocycles. The van der Waals surface area contributed by atoms with Crippen molar-refractivity contribution < 1.29 is 0 Å². The van der Waals surface area contributed by atoms with Gasteiger partial charge in [-0.25, -0.2) is 0 Å². The van der Waals surface area contributed by atoms with Crippen molar-refractivity contribution >= 4 is 54.6 Å². The van der Waals surface area contributed by atoms with Gasteiger partial charge in [0, 0.05) is 32.9 Å². The Morgan fingerprint density at radius 1 is 0.389 bits per heavy atom. The van der Waals surface area contributed by atoms with Crippen LogP contribution in [0.1, 0.15) is 0 Å². The monoisotopic (exact) mass is 462 g/mol. The standard InChI is InChI=1S/C32H22N4/c33-36-28-18-10-7-15-23(28)25-19-29-26(20-30(25)36)32-31(35(29)22-13-5-2-6-14-22)24-16-8-9-17-27(24)34(32)21-11-3-1-4-12-21/h1-20H,33H2. The van der Waals surface area contributed by atoms with Crippen LogP contribution in [0.5, 0.6) is 0 Å². The molecule has 3 aromatic heterocycles. The van der Waals surface area contributed by atoms with Gasteiger partial charge in [-0.2, -0.15) is 0 Å². The molecule has 0 amide bonds. The fraction of sp³-hybridized carbons (Fsp3) is 0. The Balaban J connectivity index is 1.68. The lowest BCUT2D eigenvalue weighted by Gasteiger charge is -2.09. The first kappa shape index (κ1) is 19.4. The minimum atomic E-state index is 1.03. The summed E-state index contributed by atoms with van der Waals surface area (Å²) in [6.07, 6.45) is 0. The van der Waals surface area contributed by atoms with Crippen LogP contribution in [0.3, 0.4) is 0 Å². The average molecular weight is 463 g/mol.